The zero-order valence-corrected chi connectivity index (χ0v) is 17.9. The predicted molar refractivity (Wildman–Crippen MR) is 111 cm³/mol. The smallest absolute Gasteiger partial charge is 0.271 e. The van der Waals surface area contributed by atoms with Crippen LogP contribution in [0.15, 0.2) is 46.5 Å². The van der Waals surface area contributed by atoms with E-state index in [0.717, 1.165) is 17.8 Å². The van der Waals surface area contributed by atoms with Gasteiger partial charge in [-0.15, -0.1) is 0 Å². The standard InChI is InChI=1S/C17H17ClN4O6S2/c18-14-9-12(22(24)25)1-3-15(14)20-16(23)11-29-17-4-2-13(10-19-17)30(26,27)21-5-7-28-8-6-21/h1-4,9-10H,5-8,11H2,(H,20,23). The number of hydrogen-bond acceptors (Lipinski definition) is 8. The van der Waals surface area contributed by atoms with E-state index >= 15 is 0 Å². The van der Waals surface area contributed by atoms with Gasteiger partial charge in [0.2, 0.25) is 15.9 Å². The Kier molecular flexibility index (Phi) is 7.26. The lowest BCUT2D eigenvalue weighted by atomic mass is 10.3. The molecule has 0 atom stereocenters. The molecule has 0 radical (unpaired) electrons. The van der Waals surface area contributed by atoms with Gasteiger partial charge in [-0.3, -0.25) is 14.9 Å². The molecule has 0 spiro atoms. The van der Waals surface area contributed by atoms with Gasteiger partial charge in [-0.25, -0.2) is 13.4 Å². The molecule has 1 fully saturated rings. The first-order chi connectivity index (χ1) is 14.3. The van der Waals surface area contributed by atoms with Crippen LogP contribution in [0.3, 0.4) is 0 Å². The third kappa shape index (κ3) is 5.46. The summed E-state index contributed by atoms with van der Waals surface area (Å²) in [6.07, 6.45) is 1.26. The number of carbonyl (C=O) groups excluding carboxylic acids is 1. The lowest BCUT2D eigenvalue weighted by Crippen LogP contribution is -2.40. The number of nitro benzene ring substituents is 1. The molecule has 0 unspecified atom stereocenters. The molecule has 1 amide bonds. The zero-order valence-electron chi connectivity index (χ0n) is 15.5. The molecule has 1 aromatic heterocycles. The molecular weight excluding hydrogens is 456 g/mol. The number of nitro groups is 1. The van der Waals surface area contributed by atoms with Crippen LogP contribution in [-0.2, 0) is 19.6 Å². The van der Waals surface area contributed by atoms with Crippen molar-refractivity contribution in [1.29, 1.82) is 0 Å². The Hall–Kier alpha value is -2.25. The largest absolute Gasteiger partial charge is 0.379 e. The van der Waals surface area contributed by atoms with E-state index in [1.54, 1.807) is 0 Å². The number of hydrogen-bond donors (Lipinski definition) is 1. The first-order valence-corrected chi connectivity index (χ1v) is 11.5. The molecule has 1 aliphatic heterocycles. The highest BCUT2D eigenvalue weighted by molar-refractivity contribution is 7.99. The van der Waals surface area contributed by atoms with Gasteiger partial charge in [-0.2, -0.15) is 4.31 Å². The summed E-state index contributed by atoms with van der Waals surface area (Å²) in [4.78, 5) is 26.5. The number of aromatic nitrogens is 1. The van der Waals surface area contributed by atoms with Gasteiger partial charge in [0.25, 0.3) is 5.69 Å². The van der Waals surface area contributed by atoms with Gasteiger partial charge in [-0.1, -0.05) is 23.4 Å². The second kappa shape index (κ2) is 9.71. The number of amides is 1. The van der Waals surface area contributed by atoms with Crippen LogP contribution in [0.4, 0.5) is 11.4 Å². The van der Waals surface area contributed by atoms with E-state index in [4.69, 9.17) is 16.3 Å². The Labute approximate surface area is 181 Å². The van der Waals surface area contributed by atoms with Gasteiger partial charge < -0.3 is 10.1 Å². The van der Waals surface area contributed by atoms with Crippen LogP contribution in [-0.4, -0.2) is 60.6 Å². The summed E-state index contributed by atoms with van der Waals surface area (Å²) in [5, 5.41) is 13.8. The molecule has 0 aliphatic carbocycles. The monoisotopic (exact) mass is 472 g/mol. The number of rotatable bonds is 7. The lowest BCUT2D eigenvalue weighted by Gasteiger charge is -2.25. The molecule has 2 aromatic rings. The second-order valence-corrected chi connectivity index (χ2v) is 9.45. The van der Waals surface area contributed by atoms with Crippen molar-refractivity contribution in [1.82, 2.24) is 9.29 Å². The fourth-order valence-corrected chi connectivity index (χ4v) is 4.80. The van der Waals surface area contributed by atoms with Crippen LogP contribution in [0, 0.1) is 10.1 Å². The van der Waals surface area contributed by atoms with Crippen LogP contribution in [0.5, 0.6) is 0 Å². The minimum atomic E-state index is -3.63. The number of thioether (sulfide) groups is 1. The van der Waals surface area contributed by atoms with Gasteiger partial charge in [0.05, 0.1) is 39.6 Å². The van der Waals surface area contributed by atoms with Gasteiger partial charge in [-0.05, 0) is 18.2 Å². The number of nitrogens with zero attached hydrogens (tertiary/aromatic N) is 3. The summed E-state index contributed by atoms with van der Waals surface area (Å²) in [5.41, 5.74) is 0.0801. The molecule has 13 heteroatoms. The normalized spacial score (nSPS) is 15.0. The average Bonchev–Trinajstić information content (AvgIpc) is 2.74. The first kappa shape index (κ1) is 22.4. The summed E-state index contributed by atoms with van der Waals surface area (Å²) in [7, 11) is -3.63. The summed E-state index contributed by atoms with van der Waals surface area (Å²) in [5.74, 6) is -0.391. The van der Waals surface area contributed by atoms with Crippen molar-refractivity contribution in [3.8, 4) is 0 Å². The van der Waals surface area contributed by atoms with Crippen LogP contribution in [0.1, 0.15) is 0 Å². The number of anilines is 1. The quantitative estimate of drug-likeness (QED) is 0.369. The van der Waals surface area contributed by atoms with Gasteiger partial charge >= 0.3 is 0 Å². The lowest BCUT2D eigenvalue weighted by molar-refractivity contribution is -0.384. The van der Waals surface area contributed by atoms with E-state index in [1.165, 1.54) is 34.8 Å². The average molecular weight is 473 g/mol. The van der Waals surface area contributed by atoms with Crippen LogP contribution in [0.25, 0.3) is 0 Å². The van der Waals surface area contributed by atoms with E-state index in [0.29, 0.717) is 31.3 Å². The highest BCUT2D eigenvalue weighted by atomic mass is 35.5. The SMILES string of the molecule is O=C(CSc1ccc(S(=O)(=O)N2CCOCC2)cn1)Nc1ccc([N+](=O)[O-])cc1Cl. The van der Waals surface area contributed by atoms with Crippen molar-refractivity contribution >= 4 is 50.7 Å². The molecule has 3 rings (SSSR count). The van der Waals surface area contributed by atoms with E-state index in [9.17, 15) is 23.3 Å². The highest BCUT2D eigenvalue weighted by Crippen LogP contribution is 2.27. The third-order valence-corrected chi connectivity index (χ3v) is 7.24. The first-order valence-electron chi connectivity index (χ1n) is 8.68. The van der Waals surface area contributed by atoms with E-state index < -0.39 is 14.9 Å². The van der Waals surface area contributed by atoms with Gasteiger partial charge in [0.1, 0.15) is 4.90 Å². The maximum atomic E-state index is 12.6. The van der Waals surface area contributed by atoms with E-state index in [2.05, 4.69) is 10.3 Å². The van der Waals surface area contributed by atoms with Gasteiger partial charge in [0.15, 0.2) is 0 Å². The van der Waals surface area contributed by atoms with Crippen LogP contribution >= 0.6 is 23.4 Å². The van der Waals surface area contributed by atoms with Crippen molar-refractivity contribution in [2.24, 2.45) is 0 Å². The number of halogens is 1. The number of carbonyl (C=O) groups is 1. The zero-order chi connectivity index (χ0) is 21.7. The molecule has 1 aliphatic rings. The topological polar surface area (TPSA) is 132 Å². The number of nitrogens with one attached hydrogen (secondary N) is 1. The van der Waals surface area contributed by atoms with Crippen LogP contribution < -0.4 is 5.32 Å². The fourth-order valence-electron chi connectivity index (χ4n) is 2.59. The molecule has 30 heavy (non-hydrogen) atoms. The number of ether oxygens (including phenoxy) is 1. The fraction of sp³-hybridized carbons (Fsp3) is 0.294. The van der Waals surface area contributed by atoms with E-state index in [-0.39, 0.29) is 33.0 Å². The van der Waals surface area contributed by atoms with Crippen molar-refractivity contribution in [2.75, 3.05) is 37.4 Å². The number of sulfonamides is 1. The second-order valence-electron chi connectivity index (χ2n) is 6.11. The molecule has 1 saturated heterocycles. The van der Waals surface area contributed by atoms with Crippen molar-refractivity contribution in [2.45, 2.75) is 9.92 Å². The molecule has 0 bridgehead atoms. The number of pyridine rings is 1. The van der Waals surface area contributed by atoms with E-state index in [1.807, 2.05) is 0 Å². The molecular formula is C17H17ClN4O6S2. The van der Waals surface area contributed by atoms with Crippen LogP contribution in [0.2, 0.25) is 5.02 Å². The van der Waals surface area contributed by atoms with Crippen molar-refractivity contribution < 1.29 is 22.9 Å². The Morgan fingerprint density at radius 3 is 2.63 bits per heavy atom. The minimum absolute atomic E-state index is 0.00409. The van der Waals surface area contributed by atoms with Crippen molar-refractivity contribution in [3.05, 3.63) is 51.7 Å². The maximum Gasteiger partial charge on any atom is 0.271 e. The third-order valence-electron chi connectivity index (χ3n) is 4.11. The Balaban J connectivity index is 1.57. The summed E-state index contributed by atoms with van der Waals surface area (Å²) >= 11 is 7.07. The number of non-ortho nitro benzene ring substituents is 1. The summed E-state index contributed by atoms with van der Waals surface area (Å²) in [6.45, 7) is 1.30. The van der Waals surface area contributed by atoms with Crippen molar-refractivity contribution in [3.63, 3.8) is 0 Å². The summed E-state index contributed by atoms with van der Waals surface area (Å²) in [6, 6.07) is 6.73. The Morgan fingerprint density at radius 2 is 2.03 bits per heavy atom. The minimum Gasteiger partial charge on any atom is -0.379 e. The molecule has 1 aromatic carbocycles. The van der Waals surface area contributed by atoms with Gasteiger partial charge in [0, 0.05) is 31.4 Å². The molecule has 2 heterocycles. The Morgan fingerprint density at radius 1 is 1.30 bits per heavy atom. The summed E-state index contributed by atoms with van der Waals surface area (Å²) < 4.78 is 31.7. The molecule has 0 saturated carbocycles. The Bertz CT molecular complexity index is 1040. The molecule has 1 N–H and O–H groups in total. The molecule has 10 nitrogen and oxygen atoms in total. The predicted octanol–water partition coefficient (Wildman–Crippen LogP) is 2.39. The highest BCUT2D eigenvalue weighted by Gasteiger charge is 2.26. The maximum absolute atomic E-state index is 12.6. The molecule has 160 valence electrons. The number of morpholine rings is 1. The number of benzene rings is 1.